The smallest absolute Gasteiger partial charge is 0.175 e. The maximum Gasteiger partial charge on any atom is 0.175 e. The number of para-hydroxylation sites is 1. The molecule has 0 amide bonds. The van der Waals surface area contributed by atoms with E-state index >= 15 is 0 Å². The number of rotatable bonds is 6. The molecule has 2 aliphatic rings. The van der Waals surface area contributed by atoms with Crippen molar-refractivity contribution in [3.05, 3.63) is 72.8 Å². The lowest BCUT2D eigenvalue weighted by molar-refractivity contribution is 0.248. The minimum Gasteiger partial charge on any atom is -0.369 e. The fourth-order valence-electron chi connectivity index (χ4n) is 5.04. The Balaban J connectivity index is 1.18. The van der Waals surface area contributed by atoms with Gasteiger partial charge in [-0.2, -0.15) is 0 Å². The molecule has 1 saturated carbocycles. The third-order valence-electron chi connectivity index (χ3n) is 7.14. The Kier molecular flexibility index (Phi) is 5.54. The quantitative estimate of drug-likeness (QED) is 0.389. The number of benzene rings is 3. The Morgan fingerprint density at radius 3 is 2.26 bits per heavy atom. The van der Waals surface area contributed by atoms with Crippen LogP contribution in [-0.2, 0) is 9.84 Å². The van der Waals surface area contributed by atoms with Crippen LogP contribution in [0.3, 0.4) is 0 Å². The van der Waals surface area contributed by atoms with Gasteiger partial charge in [-0.15, -0.1) is 0 Å². The Bertz CT molecular complexity index is 1450. The highest BCUT2D eigenvalue weighted by Gasteiger charge is 2.31. The highest BCUT2D eigenvalue weighted by atomic mass is 32.2. The molecule has 0 unspecified atom stereocenters. The third kappa shape index (κ3) is 4.66. The first-order valence-corrected chi connectivity index (χ1v) is 14.1. The zero-order chi connectivity index (χ0) is 24.0. The fourth-order valence-corrected chi connectivity index (χ4v) is 5.67. The van der Waals surface area contributed by atoms with Crippen molar-refractivity contribution in [2.24, 2.45) is 0 Å². The van der Waals surface area contributed by atoms with Gasteiger partial charge in [0.05, 0.1) is 10.4 Å². The molecule has 2 N–H and O–H groups in total. The topological polar surface area (TPSA) is 68.4 Å². The maximum atomic E-state index is 11.8. The van der Waals surface area contributed by atoms with E-state index in [1.807, 2.05) is 18.2 Å². The van der Waals surface area contributed by atoms with Crippen LogP contribution in [0.2, 0.25) is 0 Å². The van der Waals surface area contributed by atoms with Gasteiger partial charge in [-0.05, 0) is 60.9 Å². The second kappa shape index (κ2) is 8.73. The summed E-state index contributed by atoms with van der Waals surface area (Å²) in [6.45, 7) is 4.52. The van der Waals surface area contributed by atoms with E-state index in [1.165, 1.54) is 37.9 Å². The van der Waals surface area contributed by atoms with Gasteiger partial charge >= 0.3 is 0 Å². The lowest BCUT2D eigenvalue weighted by atomic mass is 10.0. The Morgan fingerprint density at radius 1 is 0.886 bits per heavy atom. The first-order chi connectivity index (χ1) is 16.9. The molecule has 1 aliphatic heterocycles. The van der Waals surface area contributed by atoms with Crippen LogP contribution in [0.25, 0.3) is 22.0 Å². The number of hydrogen-bond acceptors (Lipinski definition) is 5. The summed E-state index contributed by atoms with van der Waals surface area (Å²) in [7, 11) is -3.21. The fraction of sp³-hybridized carbons (Fsp3) is 0.286. The van der Waals surface area contributed by atoms with Gasteiger partial charge in [0.25, 0.3) is 0 Å². The molecule has 7 heteroatoms. The van der Waals surface area contributed by atoms with Gasteiger partial charge in [-0.25, -0.2) is 8.42 Å². The van der Waals surface area contributed by atoms with Crippen LogP contribution in [0, 0.1) is 0 Å². The summed E-state index contributed by atoms with van der Waals surface area (Å²) in [5.41, 5.74) is 5.35. The van der Waals surface area contributed by atoms with E-state index in [9.17, 15) is 8.42 Å². The van der Waals surface area contributed by atoms with Crippen molar-refractivity contribution in [2.75, 3.05) is 42.7 Å². The van der Waals surface area contributed by atoms with E-state index in [0.717, 1.165) is 52.7 Å². The summed E-state index contributed by atoms with van der Waals surface area (Å²) in [5, 5.41) is 4.60. The lowest BCUT2D eigenvalue weighted by Crippen LogP contribution is -2.47. The SMILES string of the molecule is CS(=O)(=O)c1ccc(-c2cccc3cc(Nc4ccc(N5CCN(C6CC6)CC5)cc4)[nH]c23)cc1. The van der Waals surface area contributed by atoms with Gasteiger partial charge in [-0.3, -0.25) is 4.90 Å². The van der Waals surface area contributed by atoms with E-state index in [2.05, 4.69) is 62.6 Å². The minimum absolute atomic E-state index is 0.329. The first-order valence-electron chi connectivity index (χ1n) is 12.2. The minimum atomic E-state index is -3.21. The monoisotopic (exact) mass is 486 g/mol. The van der Waals surface area contributed by atoms with Crippen LogP contribution in [0.4, 0.5) is 17.2 Å². The number of nitrogens with zero attached hydrogens (tertiary/aromatic N) is 2. The van der Waals surface area contributed by atoms with Crippen LogP contribution < -0.4 is 10.2 Å². The second-order valence-electron chi connectivity index (χ2n) is 9.68. The number of aromatic nitrogens is 1. The van der Waals surface area contributed by atoms with Gasteiger partial charge in [-0.1, -0.05) is 30.3 Å². The predicted molar refractivity (Wildman–Crippen MR) is 143 cm³/mol. The number of hydrogen-bond donors (Lipinski definition) is 2. The van der Waals surface area contributed by atoms with Crippen molar-refractivity contribution in [1.82, 2.24) is 9.88 Å². The molecule has 6 rings (SSSR count). The lowest BCUT2D eigenvalue weighted by Gasteiger charge is -2.36. The number of nitrogens with one attached hydrogen (secondary N) is 2. The molecule has 0 radical (unpaired) electrons. The van der Waals surface area contributed by atoms with Gasteiger partial charge in [0, 0.05) is 60.8 Å². The van der Waals surface area contributed by atoms with Gasteiger partial charge in [0.1, 0.15) is 5.82 Å². The van der Waals surface area contributed by atoms with Crippen LogP contribution in [0.15, 0.2) is 77.7 Å². The summed E-state index contributed by atoms with van der Waals surface area (Å²) < 4.78 is 23.6. The molecule has 1 aliphatic carbocycles. The Hall–Kier alpha value is -3.29. The van der Waals surface area contributed by atoms with E-state index in [-0.39, 0.29) is 0 Å². The van der Waals surface area contributed by atoms with E-state index in [1.54, 1.807) is 12.1 Å². The molecular weight excluding hydrogens is 456 g/mol. The number of H-pyrrole nitrogens is 1. The average Bonchev–Trinajstić information content (AvgIpc) is 3.63. The molecule has 2 fully saturated rings. The molecule has 35 heavy (non-hydrogen) atoms. The van der Waals surface area contributed by atoms with Crippen molar-refractivity contribution >= 4 is 37.9 Å². The molecule has 4 aromatic rings. The van der Waals surface area contributed by atoms with Crippen molar-refractivity contribution in [2.45, 2.75) is 23.8 Å². The summed E-state index contributed by atoms with van der Waals surface area (Å²) >= 11 is 0. The first kappa shape index (κ1) is 22.2. The molecule has 0 bridgehead atoms. The molecule has 0 spiro atoms. The van der Waals surface area contributed by atoms with Crippen LogP contribution in [0.1, 0.15) is 12.8 Å². The Morgan fingerprint density at radius 2 is 1.60 bits per heavy atom. The molecule has 1 aromatic heterocycles. The number of aromatic amines is 1. The molecule has 1 saturated heterocycles. The zero-order valence-electron chi connectivity index (χ0n) is 19.9. The highest BCUT2D eigenvalue weighted by molar-refractivity contribution is 7.90. The molecule has 3 aromatic carbocycles. The standard InChI is InChI=1S/C28H30N4O2S/c1-35(33,34)25-13-5-20(6-14-25)26-4-2-3-21-19-27(30-28(21)26)29-22-7-9-23(10-8-22)31-15-17-32(18-16-31)24-11-12-24/h2-10,13-14,19,24,29-30H,11-12,15-18H2,1H3. The van der Waals surface area contributed by atoms with E-state index < -0.39 is 9.84 Å². The largest absolute Gasteiger partial charge is 0.369 e. The molecular formula is C28H30N4O2S. The summed E-state index contributed by atoms with van der Waals surface area (Å²) in [6.07, 6.45) is 3.99. The Labute approximate surface area is 206 Å². The second-order valence-corrected chi connectivity index (χ2v) is 11.7. The van der Waals surface area contributed by atoms with Crippen LogP contribution in [-0.4, -0.2) is 56.8 Å². The summed E-state index contributed by atoms with van der Waals surface area (Å²) in [5.74, 6) is 0.922. The zero-order valence-corrected chi connectivity index (χ0v) is 20.7. The van der Waals surface area contributed by atoms with Crippen LogP contribution >= 0.6 is 0 Å². The normalized spacial score (nSPS) is 17.1. The van der Waals surface area contributed by atoms with Crippen molar-refractivity contribution in [3.63, 3.8) is 0 Å². The maximum absolute atomic E-state index is 11.8. The number of fused-ring (bicyclic) bond motifs is 1. The van der Waals surface area contributed by atoms with Gasteiger partial charge in [0.15, 0.2) is 9.84 Å². The number of piperazine rings is 1. The average molecular weight is 487 g/mol. The van der Waals surface area contributed by atoms with E-state index in [4.69, 9.17) is 0 Å². The number of sulfone groups is 1. The van der Waals surface area contributed by atoms with Crippen LogP contribution in [0.5, 0.6) is 0 Å². The summed E-state index contributed by atoms with van der Waals surface area (Å²) in [6, 6.07) is 24.9. The predicted octanol–water partition coefficient (Wildman–Crippen LogP) is 5.27. The van der Waals surface area contributed by atoms with Gasteiger partial charge in [0.2, 0.25) is 0 Å². The molecule has 0 atom stereocenters. The third-order valence-corrected chi connectivity index (χ3v) is 8.27. The highest BCUT2D eigenvalue weighted by Crippen LogP contribution is 2.32. The summed E-state index contributed by atoms with van der Waals surface area (Å²) in [4.78, 5) is 8.95. The molecule has 6 nitrogen and oxygen atoms in total. The van der Waals surface area contributed by atoms with Crippen molar-refractivity contribution in [1.29, 1.82) is 0 Å². The van der Waals surface area contributed by atoms with Crippen molar-refractivity contribution < 1.29 is 8.42 Å². The van der Waals surface area contributed by atoms with E-state index in [0.29, 0.717) is 4.90 Å². The molecule has 180 valence electrons. The number of anilines is 3. The van der Waals surface area contributed by atoms with Gasteiger partial charge < -0.3 is 15.2 Å². The molecule has 2 heterocycles. The van der Waals surface area contributed by atoms with Crippen molar-refractivity contribution in [3.8, 4) is 11.1 Å².